The Bertz CT molecular complexity index is 789. The third-order valence-electron chi connectivity index (χ3n) is 4.43. The molecular formula is C19H23N5O. The Labute approximate surface area is 148 Å². The topological polar surface area (TPSA) is 75.3 Å². The van der Waals surface area contributed by atoms with Crippen LogP contribution in [0.1, 0.15) is 28.0 Å². The van der Waals surface area contributed by atoms with Gasteiger partial charge in [-0.3, -0.25) is 4.79 Å². The summed E-state index contributed by atoms with van der Waals surface area (Å²) in [6.45, 7) is 7.60. The predicted molar refractivity (Wildman–Crippen MR) is 101 cm³/mol. The number of nitrogens with two attached hydrogens (primary N) is 1. The van der Waals surface area contributed by atoms with E-state index >= 15 is 0 Å². The molecule has 2 aromatic rings. The summed E-state index contributed by atoms with van der Waals surface area (Å²) in [4.78, 5) is 26.0. The van der Waals surface area contributed by atoms with E-state index in [-0.39, 0.29) is 11.6 Å². The zero-order valence-corrected chi connectivity index (χ0v) is 14.5. The van der Waals surface area contributed by atoms with E-state index in [1.165, 1.54) is 0 Å². The number of hydrogen-bond donors (Lipinski definition) is 1. The molecule has 6 heteroatoms. The molecule has 6 nitrogen and oxygen atoms in total. The van der Waals surface area contributed by atoms with Crippen molar-refractivity contribution in [2.75, 3.05) is 43.9 Å². The third kappa shape index (κ3) is 3.85. The minimum absolute atomic E-state index is 0.208. The van der Waals surface area contributed by atoms with Crippen LogP contribution < -0.4 is 10.6 Å². The summed E-state index contributed by atoms with van der Waals surface area (Å²) in [5.74, 6) is 0.814. The van der Waals surface area contributed by atoms with Crippen molar-refractivity contribution in [1.82, 2.24) is 14.9 Å². The second-order valence-corrected chi connectivity index (χ2v) is 6.26. The Morgan fingerprint density at radius 3 is 2.92 bits per heavy atom. The molecule has 0 unspecified atom stereocenters. The van der Waals surface area contributed by atoms with E-state index in [1.54, 1.807) is 24.4 Å². The van der Waals surface area contributed by atoms with Crippen LogP contribution in [-0.2, 0) is 0 Å². The summed E-state index contributed by atoms with van der Waals surface area (Å²) in [7, 11) is 2.12. The quantitative estimate of drug-likeness (QED) is 0.861. The van der Waals surface area contributed by atoms with E-state index in [4.69, 9.17) is 5.73 Å². The number of nitrogen functional groups attached to an aromatic ring is 1. The van der Waals surface area contributed by atoms with Crippen molar-refractivity contribution in [3.8, 4) is 0 Å². The van der Waals surface area contributed by atoms with Gasteiger partial charge in [-0.05, 0) is 43.8 Å². The fourth-order valence-electron chi connectivity index (χ4n) is 2.92. The Kier molecular flexibility index (Phi) is 5.09. The Morgan fingerprint density at radius 2 is 2.12 bits per heavy atom. The van der Waals surface area contributed by atoms with Crippen molar-refractivity contribution < 1.29 is 4.79 Å². The number of pyridine rings is 2. The van der Waals surface area contributed by atoms with E-state index in [9.17, 15) is 4.79 Å². The number of hydrogen-bond acceptors (Lipinski definition) is 6. The van der Waals surface area contributed by atoms with Crippen LogP contribution in [0.5, 0.6) is 0 Å². The van der Waals surface area contributed by atoms with E-state index in [0.717, 1.165) is 44.0 Å². The van der Waals surface area contributed by atoms with Crippen LogP contribution in [0.3, 0.4) is 0 Å². The standard InChI is InChI=1S/C19H23N5O/c1-3-14-12-15(19(20)21-13-14)18(25)16-6-4-7-17(22-16)24-9-5-8-23(2)10-11-24/h3-4,6-7,12-13H,1,5,8-11H2,2H3,(H2,20,21). The normalized spacial score (nSPS) is 15.6. The lowest BCUT2D eigenvalue weighted by molar-refractivity contribution is 0.103. The highest BCUT2D eigenvalue weighted by molar-refractivity contribution is 6.10. The summed E-state index contributed by atoms with van der Waals surface area (Å²) >= 11 is 0. The Morgan fingerprint density at radius 1 is 1.28 bits per heavy atom. The lowest BCUT2D eigenvalue weighted by Crippen LogP contribution is -2.29. The zero-order chi connectivity index (χ0) is 17.8. The summed E-state index contributed by atoms with van der Waals surface area (Å²) in [6, 6.07) is 7.23. The SMILES string of the molecule is C=Cc1cnc(N)c(C(=O)c2cccc(N3CCCN(C)CC3)n2)c1. The van der Waals surface area contributed by atoms with Crippen molar-refractivity contribution in [3.05, 3.63) is 53.9 Å². The number of anilines is 2. The molecule has 1 aliphatic heterocycles. The number of aromatic nitrogens is 2. The first-order valence-corrected chi connectivity index (χ1v) is 8.41. The first-order chi connectivity index (χ1) is 12.1. The molecule has 25 heavy (non-hydrogen) atoms. The van der Waals surface area contributed by atoms with Gasteiger partial charge in [0.15, 0.2) is 0 Å². The highest BCUT2D eigenvalue weighted by atomic mass is 16.1. The van der Waals surface area contributed by atoms with Gasteiger partial charge in [0.05, 0.1) is 5.56 Å². The number of nitrogens with zero attached hydrogens (tertiary/aromatic N) is 4. The highest BCUT2D eigenvalue weighted by Gasteiger charge is 2.18. The molecular weight excluding hydrogens is 314 g/mol. The molecule has 1 aliphatic rings. The number of rotatable bonds is 4. The molecule has 2 N–H and O–H groups in total. The van der Waals surface area contributed by atoms with Gasteiger partial charge in [0, 0.05) is 25.8 Å². The third-order valence-corrected chi connectivity index (χ3v) is 4.43. The van der Waals surface area contributed by atoms with Gasteiger partial charge in [-0.2, -0.15) is 0 Å². The van der Waals surface area contributed by atoms with Crippen LogP contribution in [0.2, 0.25) is 0 Å². The fraction of sp³-hybridized carbons (Fsp3) is 0.316. The smallest absolute Gasteiger partial charge is 0.215 e. The van der Waals surface area contributed by atoms with Crippen molar-refractivity contribution in [2.24, 2.45) is 0 Å². The maximum atomic E-state index is 12.8. The van der Waals surface area contributed by atoms with E-state index in [1.807, 2.05) is 12.1 Å². The number of ketones is 1. The molecule has 0 spiro atoms. The second-order valence-electron chi connectivity index (χ2n) is 6.26. The van der Waals surface area contributed by atoms with Crippen LogP contribution in [-0.4, -0.2) is 53.9 Å². The van der Waals surface area contributed by atoms with Gasteiger partial charge in [-0.1, -0.05) is 18.7 Å². The Hall–Kier alpha value is -2.73. The van der Waals surface area contributed by atoms with Gasteiger partial charge < -0.3 is 15.5 Å². The lowest BCUT2D eigenvalue weighted by atomic mass is 10.1. The molecule has 130 valence electrons. The summed E-state index contributed by atoms with van der Waals surface area (Å²) in [6.07, 6.45) is 4.31. The minimum Gasteiger partial charge on any atom is -0.383 e. The van der Waals surface area contributed by atoms with Crippen LogP contribution >= 0.6 is 0 Å². The van der Waals surface area contributed by atoms with Crippen LogP contribution in [0.4, 0.5) is 11.6 Å². The molecule has 1 saturated heterocycles. The predicted octanol–water partition coefficient (Wildman–Crippen LogP) is 2.07. The van der Waals surface area contributed by atoms with Gasteiger partial charge in [0.25, 0.3) is 0 Å². The van der Waals surface area contributed by atoms with Crippen molar-refractivity contribution in [3.63, 3.8) is 0 Å². The lowest BCUT2D eigenvalue weighted by Gasteiger charge is -2.22. The molecule has 3 heterocycles. The molecule has 1 fully saturated rings. The molecule has 0 radical (unpaired) electrons. The molecule has 0 bridgehead atoms. The number of carbonyl (C=O) groups excluding carboxylic acids is 1. The van der Waals surface area contributed by atoms with E-state index < -0.39 is 0 Å². The maximum Gasteiger partial charge on any atom is 0.215 e. The molecule has 0 amide bonds. The monoisotopic (exact) mass is 337 g/mol. The van der Waals surface area contributed by atoms with Crippen molar-refractivity contribution in [1.29, 1.82) is 0 Å². The average Bonchev–Trinajstić information content (AvgIpc) is 2.86. The minimum atomic E-state index is -0.220. The van der Waals surface area contributed by atoms with Gasteiger partial charge in [-0.25, -0.2) is 9.97 Å². The summed E-state index contributed by atoms with van der Waals surface area (Å²) in [5, 5.41) is 0. The largest absolute Gasteiger partial charge is 0.383 e. The van der Waals surface area contributed by atoms with Gasteiger partial charge in [0.1, 0.15) is 17.3 Å². The first kappa shape index (κ1) is 17.1. The van der Waals surface area contributed by atoms with Crippen LogP contribution in [0, 0.1) is 0 Å². The van der Waals surface area contributed by atoms with Crippen LogP contribution in [0.25, 0.3) is 6.08 Å². The van der Waals surface area contributed by atoms with Crippen molar-refractivity contribution in [2.45, 2.75) is 6.42 Å². The highest BCUT2D eigenvalue weighted by Crippen LogP contribution is 2.19. The Balaban J connectivity index is 1.88. The molecule has 2 aromatic heterocycles. The zero-order valence-electron chi connectivity index (χ0n) is 14.5. The van der Waals surface area contributed by atoms with Gasteiger partial charge in [-0.15, -0.1) is 0 Å². The molecule has 0 aromatic carbocycles. The number of carbonyl (C=O) groups is 1. The van der Waals surface area contributed by atoms with Gasteiger partial charge in [0.2, 0.25) is 5.78 Å². The number of likely N-dealkylation sites (N-methyl/N-ethyl adjacent to an activating group) is 1. The second kappa shape index (κ2) is 7.44. The van der Waals surface area contributed by atoms with Gasteiger partial charge >= 0.3 is 0 Å². The summed E-state index contributed by atoms with van der Waals surface area (Å²) < 4.78 is 0. The first-order valence-electron chi connectivity index (χ1n) is 8.41. The molecule has 0 atom stereocenters. The fourth-order valence-corrected chi connectivity index (χ4v) is 2.92. The van der Waals surface area contributed by atoms with E-state index in [2.05, 4.69) is 33.4 Å². The molecule has 0 aliphatic carbocycles. The van der Waals surface area contributed by atoms with E-state index in [0.29, 0.717) is 11.3 Å². The average molecular weight is 337 g/mol. The molecule has 3 rings (SSSR count). The maximum absolute atomic E-state index is 12.8. The summed E-state index contributed by atoms with van der Waals surface area (Å²) in [5.41, 5.74) is 7.38. The van der Waals surface area contributed by atoms with Crippen molar-refractivity contribution >= 4 is 23.5 Å². The van der Waals surface area contributed by atoms with Crippen LogP contribution in [0.15, 0.2) is 37.0 Å². The molecule has 0 saturated carbocycles.